The van der Waals surface area contributed by atoms with Crippen LogP contribution in [0.3, 0.4) is 0 Å². The molecule has 158 valence electrons. The number of anilines is 1. The number of para-hydroxylation sites is 1. The minimum atomic E-state index is -0.286. The van der Waals surface area contributed by atoms with E-state index in [1.165, 1.54) is 6.20 Å². The second-order valence-corrected chi connectivity index (χ2v) is 7.68. The zero-order valence-electron chi connectivity index (χ0n) is 17.2. The van der Waals surface area contributed by atoms with Crippen LogP contribution in [0.15, 0.2) is 59.5 Å². The average Bonchev–Trinajstić information content (AvgIpc) is 3.24. The third-order valence-electron chi connectivity index (χ3n) is 5.74. The van der Waals surface area contributed by atoms with Crippen molar-refractivity contribution in [2.45, 2.75) is 13.0 Å². The number of morpholine rings is 1. The number of fused-ring (bicyclic) bond motifs is 3. The lowest BCUT2D eigenvalue weighted by atomic mass is 10.1. The molecule has 1 aliphatic heterocycles. The number of hydrogen-bond donors (Lipinski definition) is 2. The summed E-state index contributed by atoms with van der Waals surface area (Å²) in [6.45, 7) is 5.18. The fraction of sp³-hybridized carbons (Fsp3) is 0.261. The number of nitrogens with one attached hydrogen (secondary N) is 2. The van der Waals surface area contributed by atoms with Crippen molar-refractivity contribution in [2.75, 3.05) is 31.2 Å². The molecule has 2 aromatic carbocycles. The summed E-state index contributed by atoms with van der Waals surface area (Å²) in [4.78, 5) is 30.5. The Morgan fingerprint density at radius 2 is 1.87 bits per heavy atom. The molecule has 0 spiro atoms. The molecule has 1 unspecified atom stereocenters. The minimum Gasteiger partial charge on any atom is -0.378 e. The molecule has 8 nitrogen and oxygen atoms in total. The van der Waals surface area contributed by atoms with Crippen LogP contribution in [0.5, 0.6) is 0 Å². The predicted octanol–water partition coefficient (Wildman–Crippen LogP) is 2.50. The second-order valence-electron chi connectivity index (χ2n) is 7.68. The maximum Gasteiger partial charge on any atom is 0.259 e. The molecule has 0 saturated carbocycles. The first kappa shape index (κ1) is 19.3. The Labute approximate surface area is 178 Å². The van der Waals surface area contributed by atoms with E-state index in [0.29, 0.717) is 22.1 Å². The molecule has 1 fully saturated rings. The van der Waals surface area contributed by atoms with Crippen LogP contribution in [-0.2, 0) is 4.74 Å². The number of ether oxygens (including phenoxy) is 1. The number of carbonyl (C=O) groups excluding carboxylic acids is 1. The van der Waals surface area contributed by atoms with Gasteiger partial charge in [0.05, 0.1) is 36.4 Å². The molecule has 1 saturated heterocycles. The summed E-state index contributed by atoms with van der Waals surface area (Å²) in [6.07, 6.45) is 1.49. The van der Waals surface area contributed by atoms with Gasteiger partial charge in [-0.1, -0.05) is 24.3 Å². The number of carbonyl (C=O) groups is 1. The van der Waals surface area contributed by atoms with E-state index in [1.54, 1.807) is 16.6 Å². The van der Waals surface area contributed by atoms with Crippen molar-refractivity contribution >= 4 is 28.1 Å². The highest BCUT2D eigenvalue weighted by atomic mass is 16.5. The Kier molecular flexibility index (Phi) is 4.91. The van der Waals surface area contributed by atoms with Crippen molar-refractivity contribution in [2.24, 2.45) is 0 Å². The normalized spacial score (nSPS) is 15.3. The fourth-order valence-electron chi connectivity index (χ4n) is 4.00. The van der Waals surface area contributed by atoms with Gasteiger partial charge in [0.25, 0.3) is 11.5 Å². The van der Waals surface area contributed by atoms with E-state index in [1.807, 2.05) is 31.2 Å². The SMILES string of the molecule is CC(NC(=O)c1cnn2c1[nH]c(=O)c1ccccc12)c1ccc(N2CCOCC2)cc1. The van der Waals surface area contributed by atoms with Crippen molar-refractivity contribution < 1.29 is 9.53 Å². The van der Waals surface area contributed by atoms with Gasteiger partial charge in [0.1, 0.15) is 11.2 Å². The van der Waals surface area contributed by atoms with Gasteiger partial charge in [-0.05, 0) is 36.8 Å². The number of aromatic nitrogens is 3. The minimum absolute atomic E-state index is 0.201. The lowest BCUT2D eigenvalue weighted by Crippen LogP contribution is -2.36. The van der Waals surface area contributed by atoms with Crippen molar-refractivity contribution in [1.82, 2.24) is 19.9 Å². The van der Waals surface area contributed by atoms with E-state index in [0.717, 1.165) is 37.6 Å². The van der Waals surface area contributed by atoms with Crippen LogP contribution >= 0.6 is 0 Å². The fourth-order valence-corrected chi connectivity index (χ4v) is 4.00. The molecule has 1 aliphatic rings. The highest BCUT2D eigenvalue weighted by molar-refractivity contribution is 6.00. The number of rotatable bonds is 4. The van der Waals surface area contributed by atoms with E-state index < -0.39 is 0 Å². The smallest absolute Gasteiger partial charge is 0.259 e. The largest absolute Gasteiger partial charge is 0.378 e. The summed E-state index contributed by atoms with van der Waals surface area (Å²) >= 11 is 0. The Bertz CT molecular complexity index is 1300. The summed E-state index contributed by atoms with van der Waals surface area (Å²) in [7, 11) is 0. The molecule has 4 aromatic rings. The number of aromatic amines is 1. The second kappa shape index (κ2) is 7.88. The highest BCUT2D eigenvalue weighted by Gasteiger charge is 2.19. The van der Waals surface area contributed by atoms with Gasteiger partial charge in [0.15, 0.2) is 0 Å². The van der Waals surface area contributed by atoms with Gasteiger partial charge in [-0.15, -0.1) is 0 Å². The molecule has 3 heterocycles. The van der Waals surface area contributed by atoms with Crippen molar-refractivity contribution in [3.8, 4) is 0 Å². The molecule has 2 aromatic heterocycles. The Balaban J connectivity index is 1.37. The van der Waals surface area contributed by atoms with Crippen LogP contribution in [0, 0.1) is 0 Å². The molecule has 2 N–H and O–H groups in total. The summed E-state index contributed by atoms with van der Waals surface area (Å²) < 4.78 is 7.00. The zero-order valence-corrected chi connectivity index (χ0v) is 17.2. The number of hydrogen-bond acceptors (Lipinski definition) is 5. The van der Waals surface area contributed by atoms with E-state index in [-0.39, 0.29) is 17.5 Å². The van der Waals surface area contributed by atoms with Gasteiger partial charge in [-0.2, -0.15) is 5.10 Å². The monoisotopic (exact) mass is 417 g/mol. The molecular weight excluding hydrogens is 394 g/mol. The van der Waals surface area contributed by atoms with Crippen LogP contribution in [0.1, 0.15) is 28.9 Å². The van der Waals surface area contributed by atoms with Crippen molar-refractivity contribution in [1.29, 1.82) is 0 Å². The first-order valence-electron chi connectivity index (χ1n) is 10.3. The molecule has 0 radical (unpaired) electrons. The van der Waals surface area contributed by atoms with E-state index >= 15 is 0 Å². The quantitative estimate of drug-likeness (QED) is 0.532. The van der Waals surface area contributed by atoms with Crippen LogP contribution in [0.4, 0.5) is 5.69 Å². The van der Waals surface area contributed by atoms with Crippen LogP contribution < -0.4 is 15.8 Å². The standard InChI is InChI=1S/C23H23N5O3/c1-15(16-6-8-17(9-7-16)27-10-12-31-13-11-27)25-23(30)19-14-24-28-20-5-3-2-4-18(20)22(29)26-21(19)28/h2-9,14-15H,10-13H2,1H3,(H,25,30)(H,26,29). The molecule has 8 heteroatoms. The van der Waals surface area contributed by atoms with Crippen LogP contribution in [-0.4, -0.2) is 46.8 Å². The Hall–Kier alpha value is -3.65. The van der Waals surface area contributed by atoms with E-state index in [9.17, 15) is 9.59 Å². The van der Waals surface area contributed by atoms with Crippen molar-refractivity contribution in [3.63, 3.8) is 0 Å². The summed E-state index contributed by atoms with van der Waals surface area (Å²) in [5.74, 6) is -0.286. The lowest BCUT2D eigenvalue weighted by Gasteiger charge is -2.29. The van der Waals surface area contributed by atoms with Crippen LogP contribution in [0.2, 0.25) is 0 Å². The predicted molar refractivity (Wildman–Crippen MR) is 119 cm³/mol. The summed E-state index contributed by atoms with van der Waals surface area (Å²) in [6, 6.07) is 15.2. The Morgan fingerprint density at radius 1 is 1.13 bits per heavy atom. The van der Waals surface area contributed by atoms with Gasteiger partial charge >= 0.3 is 0 Å². The average molecular weight is 417 g/mol. The summed E-state index contributed by atoms with van der Waals surface area (Å²) in [5.41, 5.74) is 3.28. The van der Waals surface area contributed by atoms with E-state index in [2.05, 4.69) is 32.4 Å². The van der Waals surface area contributed by atoms with Gasteiger partial charge < -0.3 is 19.9 Å². The molecule has 31 heavy (non-hydrogen) atoms. The van der Waals surface area contributed by atoms with Gasteiger partial charge in [-0.3, -0.25) is 9.59 Å². The Morgan fingerprint density at radius 3 is 2.65 bits per heavy atom. The van der Waals surface area contributed by atoms with Gasteiger partial charge in [0, 0.05) is 18.8 Å². The maximum atomic E-state index is 13.0. The molecule has 0 aliphatic carbocycles. The van der Waals surface area contributed by atoms with E-state index in [4.69, 9.17) is 4.74 Å². The highest BCUT2D eigenvalue weighted by Crippen LogP contribution is 2.21. The van der Waals surface area contributed by atoms with Gasteiger partial charge in [0.2, 0.25) is 0 Å². The molecular formula is C23H23N5O3. The molecule has 1 amide bonds. The third-order valence-corrected chi connectivity index (χ3v) is 5.74. The first-order chi connectivity index (χ1) is 15.1. The maximum absolute atomic E-state index is 13.0. The number of nitrogens with zero attached hydrogens (tertiary/aromatic N) is 3. The van der Waals surface area contributed by atoms with Crippen LogP contribution in [0.25, 0.3) is 16.6 Å². The first-order valence-corrected chi connectivity index (χ1v) is 10.3. The number of benzene rings is 2. The number of amides is 1. The third kappa shape index (κ3) is 3.55. The topological polar surface area (TPSA) is 91.7 Å². The number of H-pyrrole nitrogens is 1. The van der Waals surface area contributed by atoms with Gasteiger partial charge in [-0.25, -0.2) is 4.52 Å². The van der Waals surface area contributed by atoms with Crippen molar-refractivity contribution in [3.05, 3.63) is 76.2 Å². The molecule has 1 atom stereocenters. The molecule has 5 rings (SSSR count). The molecule has 0 bridgehead atoms. The summed E-state index contributed by atoms with van der Waals surface area (Å²) in [5, 5.41) is 7.86. The lowest BCUT2D eigenvalue weighted by molar-refractivity contribution is 0.0941. The zero-order chi connectivity index (χ0) is 21.4.